The Bertz CT molecular complexity index is 212. The van der Waals surface area contributed by atoms with E-state index in [1.54, 1.807) is 11.8 Å². The van der Waals surface area contributed by atoms with E-state index < -0.39 is 0 Å². The third kappa shape index (κ3) is 3.31. The second kappa shape index (κ2) is 4.85. The average Bonchev–Trinajstić information content (AvgIpc) is 2.37. The molecule has 0 aliphatic rings. The van der Waals surface area contributed by atoms with E-state index in [9.17, 15) is 0 Å². The van der Waals surface area contributed by atoms with Gasteiger partial charge in [0, 0.05) is 5.75 Å². The first-order valence-electron chi connectivity index (χ1n) is 3.26. The van der Waals surface area contributed by atoms with Gasteiger partial charge in [0.2, 0.25) is 0 Å². The molecule has 0 amide bonds. The highest BCUT2D eigenvalue weighted by molar-refractivity contribution is 9.10. The van der Waals surface area contributed by atoms with E-state index in [0.717, 1.165) is 21.9 Å². The molecule has 0 spiro atoms. The molecule has 0 aromatic carbocycles. The van der Waals surface area contributed by atoms with Gasteiger partial charge < -0.3 is 9.52 Å². The number of hydrogen-bond donors (Lipinski definition) is 1. The van der Waals surface area contributed by atoms with E-state index in [1.165, 1.54) is 0 Å². The van der Waals surface area contributed by atoms with Crippen molar-refractivity contribution in [3.8, 4) is 0 Å². The molecule has 0 unspecified atom stereocenters. The van der Waals surface area contributed by atoms with E-state index >= 15 is 0 Å². The summed E-state index contributed by atoms with van der Waals surface area (Å²) in [6.07, 6.45) is 0. The Morgan fingerprint density at radius 1 is 1.55 bits per heavy atom. The SMILES string of the molecule is OCCSCc1ccc(Br)o1. The van der Waals surface area contributed by atoms with Gasteiger partial charge in [0.1, 0.15) is 5.76 Å². The maximum atomic E-state index is 8.49. The van der Waals surface area contributed by atoms with Crippen molar-refractivity contribution in [2.24, 2.45) is 0 Å². The van der Waals surface area contributed by atoms with Gasteiger partial charge in [-0.15, -0.1) is 0 Å². The molecule has 0 bridgehead atoms. The summed E-state index contributed by atoms with van der Waals surface area (Å²) in [6.45, 7) is 0.229. The van der Waals surface area contributed by atoms with Gasteiger partial charge in [-0.1, -0.05) is 0 Å². The maximum Gasteiger partial charge on any atom is 0.169 e. The first-order valence-corrected chi connectivity index (χ1v) is 5.20. The van der Waals surface area contributed by atoms with Crippen LogP contribution in [0, 0.1) is 0 Å². The van der Waals surface area contributed by atoms with Crippen LogP contribution in [0.2, 0.25) is 0 Å². The Balaban J connectivity index is 2.27. The van der Waals surface area contributed by atoms with Crippen LogP contribution < -0.4 is 0 Å². The summed E-state index contributed by atoms with van der Waals surface area (Å²) >= 11 is 4.87. The molecule has 1 heterocycles. The number of furan rings is 1. The van der Waals surface area contributed by atoms with Crippen molar-refractivity contribution < 1.29 is 9.52 Å². The van der Waals surface area contributed by atoms with Gasteiger partial charge in [0.15, 0.2) is 4.67 Å². The number of aliphatic hydroxyl groups excluding tert-OH is 1. The highest BCUT2D eigenvalue weighted by Gasteiger charge is 1.97. The van der Waals surface area contributed by atoms with Crippen molar-refractivity contribution >= 4 is 27.7 Å². The summed E-state index contributed by atoms with van der Waals surface area (Å²) in [5.41, 5.74) is 0. The molecular weight excluding hydrogens is 228 g/mol. The van der Waals surface area contributed by atoms with Crippen LogP contribution in [0.5, 0.6) is 0 Å². The van der Waals surface area contributed by atoms with E-state index in [1.807, 2.05) is 12.1 Å². The van der Waals surface area contributed by atoms with E-state index in [4.69, 9.17) is 9.52 Å². The maximum absolute atomic E-state index is 8.49. The van der Waals surface area contributed by atoms with Crippen LogP contribution in [0.4, 0.5) is 0 Å². The number of thioether (sulfide) groups is 1. The lowest BCUT2D eigenvalue weighted by atomic mass is 10.5. The second-order valence-electron chi connectivity index (χ2n) is 1.98. The molecule has 1 aromatic heterocycles. The average molecular weight is 237 g/mol. The van der Waals surface area contributed by atoms with Crippen molar-refractivity contribution in [2.45, 2.75) is 5.75 Å². The van der Waals surface area contributed by atoms with Crippen molar-refractivity contribution in [1.29, 1.82) is 0 Å². The highest BCUT2D eigenvalue weighted by atomic mass is 79.9. The first kappa shape index (κ1) is 9.16. The molecule has 0 saturated heterocycles. The Hall–Kier alpha value is 0.0700. The monoisotopic (exact) mass is 236 g/mol. The fourth-order valence-corrected chi connectivity index (χ4v) is 1.64. The van der Waals surface area contributed by atoms with Crippen molar-refractivity contribution in [3.63, 3.8) is 0 Å². The molecule has 0 atom stereocenters. The Morgan fingerprint density at radius 3 is 2.91 bits per heavy atom. The standard InChI is InChI=1S/C7H9BrO2S/c8-7-2-1-6(10-7)5-11-4-3-9/h1-2,9H,3-5H2. The zero-order chi connectivity index (χ0) is 8.10. The van der Waals surface area contributed by atoms with Crippen molar-refractivity contribution in [2.75, 3.05) is 12.4 Å². The van der Waals surface area contributed by atoms with Crippen LogP contribution >= 0.6 is 27.7 Å². The predicted octanol–water partition coefficient (Wildman–Crippen LogP) is 2.27. The summed E-state index contributed by atoms with van der Waals surface area (Å²) in [5.74, 6) is 2.53. The summed E-state index contributed by atoms with van der Waals surface area (Å²) in [4.78, 5) is 0. The van der Waals surface area contributed by atoms with Crippen LogP contribution in [0.25, 0.3) is 0 Å². The molecular formula is C7H9BrO2S. The fraction of sp³-hybridized carbons (Fsp3) is 0.429. The molecule has 0 aliphatic carbocycles. The van der Waals surface area contributed by atoms with Gasteiger partial charge in [-0.05, 0) is 28.1 Å². The summed E-state index contributed by atoms with van der Waals surface area (Å²) in [7, 11) is 0. The van der Waals surface area contributed by atoms with E-state index in [2.05, 4.69) is 15.9 Å². The smallest absolute Gasteiger partial charge is 0.169 e. The number of rotatable bonds is 4. The second-order valence-corrected chi connectivity index (χ2v) is 3.87. The zero-order valence-corrected chi connectivity index (χ0v) is 8.32. The molecule has 0 fully saturated rings. The van der Waals surface area contributed by atoms with E-state index in [-0.39, 0.29) is 6.61 Å². The largest absolute Gasteiger partial charge is 0.453 e. The minimum absolute atomic E-state index is 0.229. The number of halogens is 1. The fourth-order valence-electron chi connectivity index (χ4n) is 0.667. The molecule has 1 N–H and O–H groups in total. The van der Waals surface area contributed by atoms with Crippen molar-refractivity contribution in [1.82, 2.24) is 0 Å². The van der Waals surface area contributed by atoms with Gasteiger partial charge in [-0.2, -0.15) is 11.8 Å². The molecule has 4 heteroatoms. The Morgan fingerprint density at radius 2 is 2.36 bits per heavy atom. The quantitative estimate of drug-likeness (QED) is 0.815. The zero-order valence-electron chi connectivity index (χ0n) is 5.92. The minimum atomic E-state index is 0.229. The van der Waals surface area contributed by atoms with Crippen LogP contribution in [0.15, 0.2) is 21.2 Å². The molecule has 11 heavy (non-hydrogen) atoms. The van der Waals surface area contributed by atoms with Gasteiger partial charge in [-0.3, -0.25) is 0 Å². The normalized spacial score (nSPS) is 10.4. The third-order valence-corrected chi connectivity index (χ3v) is 2.49. The molecule has 1 rings (SSSR count). The van der Waals surface area contributed by atoms with Gasteiger partial charge >= 0.3 is 0 Å². The molecule has 62 valence electrons. The van der Waals surface area contributed by atoms with Gasteiger partial charge in [-0.25, -0.2) is 0 Å². The molecule has 0 radical (unpaired) electrons. The lowest BCUT2D eigenvalue weighted by Gasteiger charge is -1.93. The van der Waals surface area contributed by atoms with Crippen LogP contribution in [0.3, 0.4) is 0 Å². The van der Waals surface area contributed by atoms with Crippen LogP contribution in [0.1, 0.15) is 5.76 Å². The lowest BCUT2D eigenvalue weighted by Crippen LogP contribution is -1.86. The van der Waals surface area contributed by atoms with Crippen molar-refractivity contribution in [3.05, 3.63) is 22.6 Å². The summed E-state index contributed by atoms with van der Waals surface area (Å²) in [6, 6.07) is 3.79. The van der Waals surface area contributed by atoms with Gasteiger partial charge in [0.05, 0.1) is 12.4 Å². The highest BCUT2D eigenvalue weighted by Crippen LogP contribution is 2.18. The van der Waals surface area contributed by atoms with Crippen LogP contribution in [-0.4, -0.2) is 17.5 Å². The lowest BCUT2D eigenvalue weighted by molar-refractivity contribution is 0.322. The first-order chi connectivity index (χ1) is 5.33. The summed E-state index contributed by atoms with van der Waals surface area (Å²) in [5, 5.41) is 8.49. The Labute approximate surface area is 78.1 Å². The topological polar surface area (TPSA) is 33.4 Å². The summed E-state index contributed by atoms with van der Waals surface area (Å²) < 4.78 is 6.01. The molecule has 0 saturated carbocycles. The van der Waals surface area contributed by atoms with Crippen LogP contribution in [-0.2, 0) is 5.75 Å². The molecule has 1 aromatic rings. The Kier molecular flexibility index (Phi) is 4.04. The molecule has 2 nitrogen and oxygen atoms in total. The van der Waals surface area contributed by atoms with E-state index in [0.29, 0.717) is 0 Å². The minimum Gasteiger partial charge on any atom is -0.453 e. The predicted molar refractivity (Wildman–Crippen MR) is 49.7 cm³/mol. The number of aliphatic hydroxyl groups is 1. The van der Waals surface area contributed by atoms with Gasteiger partial charge in [0.25, 0.3) is 0 Å². The third-order valence-electron chi connectivity index (χ3n) is 1.11. The molecule has 0 aliphatic heterocycles. The number of hydrogen-bond acceptors (Lipinski definition) is 3.